The van der Waals surface area contributed by atoms with Crippen LogP contribution >= 0.6 is 15.9 Å². The molecule has 2 aromatic rings. The molecule has 4 heteroatoms. The van der Waals surface area contributed by atoms with E-state index in [2.05, 4.69) is 50.3 Å². The Balaban J connectivity index is 2.15. The van der Waals surface area contributed by atoms with Crippen molar-refractivity contribution in [2.24, 2.45) is 0 Å². The molecule has 0 atom stereocenters. The molecule has 0 amide bonds. The Bertz CT molecular complexity index is 538. The summed E-state index contributed by atoms with van der Waals surface area (Å²) in [6, 6.07) is 10.3. The Hall–Kier alpha value is -1.42. The van der Waals surface area contributed by atoms with E-state index in [-0.39, 0.29) is 0 Å². The van der Waals surface area contributed by atoms with Gasteiger partial charge in [-0.15, -0.1) is 0 Å². The van der Waals surface area contributed by atoms with Crippen LogP contribution in [0.2, 0.25) is 0 Å². The Morgan fingerprint density at radius 2 is 1.89 bits per heavy atom. The summed E-state index contributed by atoms with van der Waals surface area (Å²) in [5.74, 6) is 1.78. The lowest BCUT2D eigenvalue weighted by atomic mass is 10.1. The van der Waals surface area contributed by atoms with Gasteiger partial charge < -0.3 is 5.32 Å². The molecule has 0 saturated heterocycles. The molecule has 1 heterocycles. The Kier molecular flexibility index (Phi) is 4.91. The summed E-state index contributed by atoms with van der Waals surface area (Å²) in [7, 11) is 0. The van der Waals surface area contributed by atoms with Crippen molar-refractivity contribution >= 4 is 21.7 Å². The first-order valence-corrected chi connectivity index (χ1v) is 7.29. The second kappa shape index (κ2) is 6.66. The number of hydrogen-bond acceptors (Lipinski definition) is 3. The Labute approximate surface area is 122 Å². The molecule has 0 fully saturated rings. The lowest BCUT2D eigenvalue weighted by molar-refractivity contribution is 0.917. The van der Waals surface area contributed by atoms with Crippen molar-refractivity contribution in [1.29, 1.82) is 0 Å². The van der Waals surface area contributed by atoms with Crippen molar-refractivity contribution < 1.29 is 0 Å². The largest absolute Gasteiger partial charge is 0.370 e. The molecule has 2 rings (SSSR count). The fourth-order valence-electron chi connectivity index (χ4n) is 1.84. The van der Waals surface area contributed by atoms with Crippen LogP contribution in [0.3, 0.4) is 0 Å². The molecule has 0 aliphatic rings. The van der Waals surface area contributed by atoms with Crippen molar-refractivity contribution in [3.8, 4) is 0 Å². The zero-order valence-corrected chi connectivity index (χ0v) is 12.9. The maximum atomic E-state index is 4.55. The molecule has 100 valence electrons. The topological polar surface area (TPSA) is 37.8 Å². The lowest BCUT2D eigenvalue weighted by Crippen LogP contribution is -2.06. The molecular weight excluding hydrogens is 302 g/mol. The van der Waals surface area contributed by atoms with Gasteiger partial charge in [0.2, 0.25) is 0 Å². The van der Waals surface area contributed by atoms with Gasteiger partial charge >= 0.3 is 0 Å². The van der Waals surface area contributed by atoms with E-state index in [0.717, 1.165) is 41.2 Å². The van der Waals surface area contributed by atoms with Crippen LogP contribution < -0.4 is 5.32 Å². The molecule has 0 spiro atoms. The first-order chi connectivity index (χ1) is 9.17. The summed E-state index contributed by atoms with van der Waals surface area (Å²) in [4.78, 5) is 9.05. The molecule has 1 aromatic heterocycles. The molecule has 3 nitrogen and oxygen atoms in total. The molecule has 0 aliphatic carbocycles. The third-order valence-electron chi connectivity index (χ3n) is 2.73. The van der Waals surface area contributed by atoms with Crippen LogP contribution in [-0.2, 0) is 6.42 Å². The van der Waals surface area contributed by atoms with E-state index < -0.39 is 0 Å². The van der Waals surface area contributed by atoms with Crippen LogP contribution in [0.25, 0.3) is 0 Å². The maximum absolute atomic E-state index is 4.55. The van der Waals surface area contributed by atoms with Gasteiger partial charge in [-0.1, -0.05) is 35.0 Å². The van der Waals surface area contributed by atoms with Gasteiger partial charge in [-0.3, -0.25) is 0 Å². The fourth-order valence-corrected chi connectivity index (χ4v) is 2.10. The number of nitrogens with one attached hydrogen (secondary N) is 1. The number of halogens is 1. The number of nitrogens with zero attached hydrogens (tertiary/aromatic N) is 2. The van der Waals surface area contributed by atoms with Gasteiger partial charge in [-0.2, -0.15) is 0 Å². The van der Waals surface area contributed by atoms with Gasteiger partial charge in [0.15, 0.2) is 0 Å². The van der Waals surface area contributed by atoms with Crippen molar-refractivity contribution in [3.05, 3.63) is 51.9 Å². The number of aromatic nitrogens is 2. The highest BCUT2D eigenvalue weighted by molar-refractivity contribution is 9.10. The smallest absolute Gasteiger partial charge is 0.135 e. The van der Waals surface area contributed by atoms with E-state index in [0.29, 0.717) is 0 Å². The lowest BCUT2D eigenvalue weighted by Gasteiger charge is -2.08. The quantitative estimate of drug-likeness (QED) is 0.906. The van der Waals surface area contributed by atoms with Gasteiger partial charge in [0.05, 0.1) is 0 Å². The minimum absolute atomic E-state index is 0.760. The van der Waals surface area contributed by atoms with E-state index in [1.165, 1.54) is 5.56 Å². The highest BCUT2D eigenvalue weighted by Crippen LogP contribution is 2.14. The van der Waals surface area contributed by atoms with Crippen molar-refractivity contribution in [1.82, 2.24) is 9.97 Å². The number of anilines is 1. The minimum Gasteiger partial charge on any atom is -0.370 e. The Morgan fingerprint density at radius 1 is 1.16 bits per heavy atom. The summed E-state index contributed by atoms with van der Waals surface area (Å²) in [6.07, 6.45) is 1.85. The number of hydrogen-bond donors (Lipinski definition) is 1. The average Bonchev–Trinajstić information content (AvgIpc) is 2.38. The molecular formula is C15H18BrN3. The van der Waals surface area contributed by atoms with E-state index in [1.54, 1.807) is 0 Å². The number of aryl methyl sites for hydroxylation is 1. The standard InChI is InChI=1S/C15H18BrN3/c1-3-8-17-14-9-11(2)18-15(19-14)10-12-4-6-13(16)7-5-12/h4-7,9H,3,8,10H2,1-2H3,(H,17,18,19). The molecule has 0 saturated carbocycles. The number of benzene rings is 1. The maximum Gasteiger partial charge on any atom is 0.135 e. The number of rotatable bonds is 5. The average molecular weight is 320 g/mol. The molecule has 0 unspecified atom stereocenters. The monoisotopic (exact) mass is 319 g/mol. The van der Waals surface area contributed by atoms with Crippen molar-refractivity contribution in [2.45, 2.75) is 26.7 Å². The van der Waals surface area contributed by atoms with Crippen LogP contribution in [0.5, 0.6) is 0 Å². The molecule has 19 heavy (non-hydrogen) atoms. The predicted molar refractivity (Wildman–Crippen MR) is 82.5 cm³/mol. The van der Waals surface area contributed by atoms with E-state index in [1.807, 2.05) is 25.1 Å². The fraction of sp³-hybridized carbons (Fsp3) is 0.333. The van der Waals surface area contributed by atoms with Gasteiger partial charge in [0.1, 0.15) is 11.6 Å². The van der Waals surface area contributed by atoms with Gasteiger partial charge in [0.25, 0.3) is 0 Å². The highest BCUT2D eigenvalue weighted by atomic mass is 79.9. The normalized spacial score (nSPS) is 10.5. The zero-order chi connectivity index (χ0) is 13.7. The summed E-state index contributed by atoms with van der Waals surface area (Å²) in [6.45, 7) is 5.09. The molecule has 1 aromatic carbocycles. The molecule has 0 radical (unpaired) electrons. The van der Waals surface area contributed by atoms with Crippen molar-refractivity contribution in [3.63, 3.8) is 0 Å². The zero-order valence-electron chi connectivity index (χ0n) is 11.3. The summed E-state index contributed by atoms with van der Waals surface area (Å²) >= 11 is 3.44. The second-order valence-corrected chi connectivity index (χ2v) is 5.46. The third kappa shape index (κ3) is 4.31. The molecule has 1 N–H and O–H groups in total. The first kappa shape index (κ1) is 14.0. The van der Waals surface area contributed by atoms with Crippen LogP contribution in [0, 0.1) is 6.92 Å². The van der Waals surface area contributed by atoms with Crippen LogP contribution in [0.1, 0.15) is 30.4 Å². The second-order valence-electron chi connectivity index (χ2n) is 4.54. The Morgan fingerprint density at radius 3 is 2.58 bits per heavy atom. The van der Waals surface area contributed by atoms with E-state index in [9.17, 15) is 0 Å². The first-order valence-electron chi connectivity index (χ1n) is 6.50. The van der Waals surface area contributed by atoms with Crippen molar-refractivity contribution in [2.75, 3.05) is 11.9 Å². The summed E-state index contributed by atoms with van der Waals surface area (Å²) in [5, 5.41) is 3.31. The van der Waals surface area contributed by atoms with Crippen LogP contribution in [0.15, 0.2) is 34.8 Å². The van der Waals surface area contributed by atoms with E-state index in [4.69, 9.17) is 0 Å². The SMILES string of the molecule is CCCNc1cc(C)nc(Cc2ccc(Br)cc2)n1. The molecule has 0 aliphatic heterocycles. The van der Waals surface area contributed by atoms with Crippen LogP contribution in [-0.4, -0.2) is 16.5 Å². The predicted octanol–water partition coefficient (Wildman–Crippen LogP) is 3.96. The summed E-state index contributed by atoms with van der Waals surface area (Å²) < 4.78 is 1.09. The van der Waals surface area contributed by atoms with E-state index >= 15 is 0 Å². The summed E-state index contributed by atoms with van der Waals surface area (Å²) in [5.41, 5.74) is 2.22. The van der Waals surface area contributed by atoms with Gasteiger partial charge in [-0.05, 0) is 31.0 Å². The van der Waals surface area contributed by atoms with Gasteiger partial charge in [-0.25, -0.2) is 9.97 Å². The minimum atomic E-state index is 0.760. The highest BCUT2D eigenvalue weighted by Gasteiger charge is 2.03. The third-order valence-corrected chi connectivity index (χ3v) is 3.26. The van der Waals surface area contributed by atoms with Gasteiger partial charge in [0, 0.05) is 29.2 Å². The molecule has 0 bridgehead atoms. The van der Waals surface area contributed by atoms with Crippen LogP contribution in [0.4, 0.5) is 5.82 Å².